The highest BCUT2D eigenvalue weighted by molar-refractivity contribution is 6.19. The first-order valence-electron chi connectivity index (χ1n) is 17.4. The van der Waals surface area contributed by atoms with Gasteiger partial charge in [0.1, 0.15) is 11.2 Å². The van der Waals surface area contributed by atoms with Crippen LogP contribution in [0.1, 0.15) is 0 Å². The van der Waals surface area contributed by atoms with Crippen LogP contribution in [0.15, 0.2) is 174 Å². The predicted octanol–water partition coefficient (Wildman–Crippen LogP) is 12.2. The van der Waals surface area contributed by atoms with Gasteiger partial charge in [-0.1, -0.05) is 127 Å². The zero-order valence-corrected chi connectivity index (χ0v) is 27.9. The SMILES string of the molecule is c1ccc(-c2nc(-c3ccccc3)nc(-c3c(-n4c5cc6ccccc6cc5c5cc6ccccc6cc54)ccc4oc5ccccc5c34)n2)cc1. The maximum Gasteiger partial charge on any atom is 0.166 e. The van der Waals surface area contributed by atoms with Crippen molar-refractivity contribution in [2.75, 3.05) is 0 Å². The van der Waals surface area contributed by atoms with E-state index in [-0.39, 0.29) is 0 Å². The Hall–Kier alpha value is -7.11. The summed E-state index contributed by atoms with van der Waals surface area (Å²) in [4.78, 5) is 15.6. The summed E-state index contributed by atoms with van der Waals surface area (Å²) >= 11 is 0. The Labute approximate surface area is 298 Å². The lowest BCUT2D eigenvalue weighted by atomic mass is 10.0. The van der Waals surface area contributed by atoms with E-state index in [4.69, 9.17) is 19.4 Å². The van der Waals surface area contributed by atoms with Crippen LogP contribution < -0.4 is 0 Å². The molecule has 0 aliphatic heterocycles. The highest BCUT2D eigenvalue weighted by atomic mass is 16.3. The number of nitrogens with zero attached hydrogens (tertiary/aromatic N) is 4. The van der Waals surface area contributed by atoms with Crippen LogP contribution in [0.4, 0.5) is 0 Å². The third-order valence-corrected chi connectivity index (χ3v) is 10.2. The fourth-order valence-electron chi connectivity index (χ4n) is 7.79. The van der Waals surface area contributed by atoms with E-state index in [2.05, 4.69) is 102 Å². The first kappa shape index (κ1) is 28.7. The molecule has 3 heterocycles. The van der Waals surface area contributed by atoms with Crippen LogP contribution in [0.25, 0.3) is 105 Å². The second kappa shape index (κ2) is 11.2. The van der Waals surface area contributed by atoms with Gasteiger partial charge < -0.3 is 8.98 Å². The first-order valence-corrected chi connectivity index (χ1v) is 17.4. The van der Waals surface area contributed by atoms with Crippen molar-refractivity contribution in [3.05, 3.63) is 170 Å². The van der Waals surface area contributed by atoms with Gasteiger partial charge in [-0.2, -0.15) is 0 Å². The number of para-hydroxylation sites is 1. The van der Waals surface area contributed by atoms with E-state index in [1.165, 1.54) is 32.3 Å². The maximum atomic E-state index is 6.53. The van der Waals surface area contributed by atoms with Gasteiger partial charge in [0, 0.05) is 32.7 Å². The van der Waals surface area contributed by atoms with Gasteiger partial charge in [-0.05, 0) is 64.0 Å². The molecule has 52 heavy (non-hydrogen) atoms. The number of furan rings is 1. The fraction of sp³-hybridized carbons (Fsp3) is 0. The largest absolute Gasteiger partial charge is 0.456 e. The summed E-state index contributed by atoms with van der Waals surface area (Å²) in [5.41, 5.74) is 7.51. The van der Waals surface area contributed by atoms with Crippen molar-refractivity contribution in [1.82, 2.24) is 19.5 Å². The molecule has 0 saturated carbocycles. The molecule has 0 N–H and O–H groups in total. The molecular formula is C47H28N4O. The van der Waals surface area contributed by atoms with Gasteiger partial charge in [0.15, 0.2) is 17.5 Å². The van der Waals surface area contributed by atoms with Crippen LogP contribution in [0.2, 0.25) is 0 Å². The molecule has 0 radical (unpaired) electrons. The third-order valence-electron chi connectivity index (χ3n) is 10.2. The van der Waals surface area contributed by atoms with Crippen LogP contribution in [-0.2, 0) is 0 Å². The van der Waals surface area contributed by atoms with Crippen molar-refractivity contribution in [3.63, 3.8) is 0 Å². The lowest BCUT2D eigenvalue weighted by Crippen LogP contribution is -2.04. The minimum atomic E-state index is 0.580. The molecule has 0 fully saturated rings. The van der Waals surface area contributed by atoms with Gasteiger partial charge in [0.25, 0.3) is 0 Å². The zero-order chi connectivity index (χ0) is 34.2. The van der Waals surface area contributed by atoms with Crippen LogP contribution in [-0.4, -0.2) is 19.5 Å². The average Bonchev–Trinajstić information content (AvgIpc) is 3.74. The second-order valence-electron chi connectivity index (χ2n) is 13.2. The van der Waals surface area contributed by atoms with Gasteiger partial charge in [-0.25, -0.2) is 15.0 Å². The molecule has 11 aromatic rings. The molecule has 0 aliphatic carbocycles. The Kier molecular flexibility index (Phi) is 6.18. The van der Waals surface area contributed by atoms with Crippen molar-refractivity contribution in [3.8, 4) is 39.9 Å². The van der Waals surface area contributed by atoms with E-state index >= 15 is 0 Å². The van der Waals surface area contributed by atoms with Crippen molar-refractivity contribution in [1.29, 1.82) is 0 Å². The normalized spacial score (nSPS) is 11.8. The summed E-state index contributed by atoms with van der Waals surface area (Å²) in [6.45, 7) is 0. The molecular weight excluding hydrogens is 637 g/mol. The van der Waals surface area contributed by atoms with Gasteiger partial charge >= 0.3 is 0 Å². The molecule has 0 unspecified atom stereocenters. The first-order chi connectivity index (χ1) is 25.8. The molecule has 0 spiro atoms. The quantitative estimate of drug-likeness (QED) is 0.188. The summed E-state index contributed by atoms with van der Waals surface area (Å²) in [6.07, 6.45) is 0. The molecule has 0 atom stereocenters. The topological polar surface area (TPSA) is 56.7 Å². The number of hydrogen-bond donors (Lipinski definition) is 0. The molecule has 11 rings (SSSR count). The van der Waals surface area contributed by atoms with E-state index in [1.807, 2.05) is 72.8 Å². The monoisotopic (exact) mass is 664 g/mol. The fourth-order valence-corrected chi connectivity index (χ4v) is 7.79. The van der Waals surface area contributed by atoms with Crippen LogP contribution in [0.3, 0.4) is 0 Å². The predicted molar refractivity (Wildman–Crippen MR) is 213 cm³/mol. The average molecular weight is 665 g/mol. The van der Waals surface area contributed by atoms with E-state index in [0.29, 0.717) is 17.5 Å². The lowest BCUT2D eigenvalue weighted by Gasteiger charge is -2.16. The smallest absolute Gasteiger partial charge is 0.166 e. The number of rotatable bonds is 4. The zero-order valence-electron chi connectivity index (χ0n) is 27.9. The number of hydrogen-bond acceptors (Lipinski definition) is 4. The van der Waals surface area contributed by atoms with E-state index < -0.39 is 0 Å². The van der Waals surface area contributed by atoms with E-state index in [0.717, 1.165) is 55.3 Å². The van der Waals surface area contributed by atoms with Crippen molar-refractivity contribution < 1.29 is 4.42 Å². The van der Waals surface area contributed by atoms with Gasteiger partial charge in [0.2, 0.25) is 0 Å². The summed E-state index contributed by atoms with van der Waals surface area (Å²) in [5, 5.41) is 9.12. The highest BCUT2D eigenvalue weighted by Gasteiger charge is 2.24. The van der Waals surface area contributed by atoms with E-state index in [1.54, 1.807) is 0 Å². The Bertz CT molecular complexity index is 3030. The van der Waals surface area contributed by atoms with Crippen LogP contribution in [0.5, 0.6) is 0 Å². The molecule has 242 valence electrons. The number of fused-ring (bicyclic) bond motifs is 8. The number of benzene rings is 8. The highest BCUT2D eigenvalue weighted by Crippen LogP contribution is 2.44. The van der Waals surface area contributed by atoms with Crippen LogP contribution >= 0.6 is 0 Å². The third kappa shape index (κ3) is 4.39. The lowest BCUT2D eigenvalue weighted by molar-refractivity contribution is 0.669. The van der Waals surface area contributed by atoms with Crippen molar-refractivity contribution in [2.24, 2.45) is 0 Å². The van der Waals surface area contributed by atoms with Crippen LogP contribution in [0, 0.1) is 0 Å². The molecule has 8 aromatic carbocycles. The standard InChI is InChI=1S/C47H28N4O/c1-3-13-29(14-4-1)45-48-46(30-15-5-2-6-16-30)50-47(49-45)44-38(23-24-42-43(44)35-21-11-12-22-41(35)52-42)51-39-27-33-19-9-7-17-31(33)25-36(39)37-26-32-18-8-10-20-34(32)28-40(37)51/h1-28H. The van der Waals surface area contributed by atoms with E-state index in [9.17, 15) is 0 Å². The Balaban J connectivity index is 1.33. The molecule has 0 bridgehead atoms. The molecule has 0 amide bonds. The summed E-state index contributed by atoms with van der Waals surface area (Å²) in [5.74, 6) is 1.80. The molecule has 3 aromatic heterocycles. The summed E-state index contributed by atoms with van der Waals surface area (Å²) in [6, 6.07) is 59.2. The summed E-state index contributed by atoms with van der Waals surface area (Å²) in [7, 11) is 0. The van der Waals surface area contributed by atoms with Crippen molar-refractivity contribution in [2.45, 2.75) is 0 Å². The molecule has 5 nitrogen and oxygen atoms in total. The summed E-state index contributed by atoms with van der Waals surface area (Å²) < 4.78 is 8.92. The van der Waals surface area contributed by atoms with Gasteiger partial charge in [-0.3, -0.25) is 0 Å². The second-order valence-corrected chi connectivity index (χ2v) is 13.2. The molecule has 0 saturated heterocycles. The Morgan fingerprint density at radius 3 is 1.44 bits per heavy atom. The van der Waals surface area contributed by atoms with Gasteiger partial charge in [-0.15, -0.1) is 0 Å². The Morgan fingerprint density at radius 1 is 0.385 bits per heavy atom. The Morgan fingerprint density at radius 2 is 0.865 bits per heavy atom. The van der Waals surface area contributed by atoms with Crippen molar-refractivity contribution >= 4 is 65.3 Å². The van der Waals surface area contributed by atoms with Gasteiger partial charge in [0.05, 0.1) is 22.3 Å². The maximum absolute atomic E-state index is 6.53. The molecule has 5 heteroatoms. The number of aromatic nitrogens is 4. The molecule has 0 aliphatic rings. The minimum absolute atomic E-state index is 0.580. The minimum Gasteiger partial charge on any atom is -0.456 e.